The largest absolute Gasteiger partial charge is 0.368 e. The number of hydrogen-bond acceptors (Lipinski definition) is 5. The second-order valence-corrected chi connectivity index (χ2v) is 7.86. The smallest absolute Gasteiger partial charge is 0.271 e. The average molecular weight is 437 g/mol. The van der Waals surface area contributed by atoms with Gasteiger partial charge in [0.15, 0.2) is 0 Å². The number of amides is 1. The maximum Gasteiger partial charge on any atom is 0.271 e. The lowest BCUT2D eigenvalue weighted by atomic mass is 10.1. The summed E-state index contributed by atoms with van der Waals surface area (Å²) in [6.07, 6.45) is 0.246. The van der Waals surface area contributed by atoms with Crippen molar-refractivity contribution in [2.45, 2.75) is 20.3 Å². The molecule has 1 amide bonds. The van der Waals surface area contributed by atoms with Gasteiger partial charge in [-0.1, -0.05) is 6.07 Å². The number of halogens is 1. The summed E-state index contributed by atoms with van der Waals surface area (Å²) in [7, 11) is 0. The Bertz CT molecular complexity index is 1150. The van der Waals surface area contributed by atoms with E-state index in [2.05, 4.69) is 10.00 Å². The number of carbonyl (C=O) groups is 1. The van der Waals surface area contributed by atoms with Crippen molar-refractivity contribution < 1.29 is 14.1 Å². The lowest BCUT2D eigenvalue weighted by molar-refractivity contribution is -0.384. The number of aromatic nitrogens is 2. The van der Waals surface area contributed by atoms with Gasteiger partial charge in [0.05, 0.1) is 22.7 Å². The van der Waals surface area contributed by atoms with Gasteiger partial charge in [0.1, 0.15) is 5.82 Å². The molecule has 1 saturated heterocycles. The van der Waals surface area contributed by atoms with E-state index in [4.69, 9.17) is 0 Å². The highest BCUT2D eigenvalue weighted by molar-refractivity contribution is 5.79. The minimum atomic E-state index is -0.403. The van der Waals surface area contributed by atoms with Gasteiger partial charge >= 0.3 is 0 Å². The van der Waals surface area contributed by atoms with E-state index in [0.29, 0.717) is 26.2 Å². The monoisotopic (exact) mass is 437 g/mol. The first-order valence-corrected chi connectivity index (χ1v) is 10.4. The number of nitro groups is 1. The normalized spacial score (nSPS) is 14.0. The maximum atomic E-state index is 13.2. The molecule has 0 aliphatic carbocycles. The summed E-state index contributed by atoms with van der Waals surface area (Å²) in [6, 6.07) is 12.7. The summed E-state index contributed by atoms with van der Waals surface area (Å²) >= 11 is 0. The molecule has 0 radical (unpaired) electrons. The van der Waals surface area contributed by atoms with Crippen LogP contribution >= 0.6 is 0 Å². The van der Waals surface area contributed by atoms with Crippen molar-refractivity contribution in [3.05, 3.63) is 81.4 Å². The van der Waals surface area contributed by atoms with Crippen LogP contribution in [0.1, 0.15) is 17.0 Å². The predicted octanol–water partition coefficient (Wildman–Crippen LogP) is 3.43. The second kappa shape index (κ2) is 8.78. The third kappa shape index (κ3) is 4.32. The van der Waals surface area contributed by atoms with E-state index in [0.717, 1.165) is 28.3 Å². The molecular weight excluding hydrogens is 413 g/mol. The van der Waals surface area contributed by atoms with Crippen molar-refractivity contribution in [2.24, 2.45) is 0 Å². The number of non-ortho nitro benzene ring substituents is 1. The van der Waals surface area contributed by atoms with E-state index in [-0.39, 0.29) is 23.8 Å². The Balaban J connectivity index is 1.42. The molecule has 0 spiro atoms. The highest BCUT2D eigenvalue weighted by atomic mass is 19.1. The first-order valence-electron chi connectivity index (χ1n) is 10.4. The summed E-state index contributed by atoms with van der Waals surface area (Å²) in [4.78, 5) is 27.5. The standard InChI is InChI=1S/C23H24FN5O3/c1-16-22(17(2)28(25-16)19-8-6-18(24)7-9-19)15-23(30)27-12-10-26(11-13-27)20-4-3-5-21(14-20)29(31)32/h3-9,14H,10-13,15H2,1-2H3. The summed E-state index contributed by atoms with van der Waals surface area (Å²) in [5, 5.41) is 15.6. The zero-order chi connectivity index (χ0) is 22.8. The lowest BCUT2D eigenvalue weighted by Gasteiger charge is -2.36. The molecule has 2 aromatic carbocycles. The van der Waals surface area contributed by atoms with Crippen LogP contribution in [-0.4, -0.2) is 51.7 Å². The molecule has 1 fully saturated rings. The predicted molar refractivity (Wildman–Crippen MR) is 119 cm³/mol. The van der Waals surface area contributed by atoms with Crippen LogP contribution in [0.4, 0.5) is 15.8 Å². The van der Waals surface area contributed by atoms with Crippen LogP contribution in [0, 0.1) is 29.8 Å². The molecule has 1 aliphatic rings. The minimum Gasteiger partial charge on any atom is -0.368 e. The number of nitro benzene ring substituents is 1. The minimum absolute atomic E-state index is 0.0218. The molecule has 4 rings (SSSR count). The molecule has 9 heteroatoms. The topological polar surface area (TPSA) is 84.5 Å². The number of benzene rings is 2. The first kappa shape index (κ1) is 21.5. The van der Waals surface area contributed by atoms with Crippen molar-refractivity contribution >= 4 is 17.3 Å². The molecule has 1 aromatic heterocycles. The Labute approximate surface area is 185 Å². The third-order valence-electron chi connectivity index (χ3n) is 5.88. The summed E-state index contributed by atoms with van der Waals surface area (Å²) < 4.78 is 15.0. The van der Waals surface area contributed by atoms with Crippen LogP contribution in [0.15, 0.2) is 48.5 Å². The maximum absolute atomic E-state index is 13.2. The first-order chi connectivity index (χ1) is 15.3. The SMILES string of the molecule is Cc1nn(-c2ccc(F)cc2)c(C)c1CC(=O)N1CCN(c2cccc([N+](=O)[O-])c2)CC1. The molecule has 0 atom stereocenters. The molecule has 0 unspecified atom stereocenters. The highest BCUT2D eigenvalue weighted by Gasteiger charge is 2.24. The summed E-state index contributed by atoms with van der Waals surface area (Å²) in [5.41, 5.74) is 4.11. The van der Waals surface area contributed by atoms with Gasteiger partial charge in [0.25, 0.3) is 5.69 Å². The highest BCUT2D eigenvalue weighted by Crippen LogP contribution is 2.23. The van der Waals surface area contributed by atoms with Crippen LogP contribution in [0.2, 0.25) is 0 Å². The molecular formula is C23H24FN5O3. The van der Waals surface area contributed by atoms with Gasteiger partial charge in [0.2, 0.25) is 5.91 Å². The Morgan fingerprint density at radius 1 is 1.06 bits per heavy atom. The summed E-state index contributed by atoms with van der Waals surface area (Å²) in [6.45, 7) is 6.10. The third-order valence-corrected chi connectivity index (χ3v) is 5.88. The molecule has 0 bridgehead atoms. The van der Waals surface area contributed by atoms with Crippen LogP contribution in [-0.2, 0) is 11.2 Å². The van der Waals surface area contributed by atoms with Gasteiger partial charge in [-0.25, -0.2) is 9.07 Å². The van der Waals surface area contributed by atoms with Crippen LogP contribution in [0.3, 0.4) is 0 Å². The van der Waals surface area contributed by atoms with Crippen LogP contribution in [0.5, 0.6) is 0 Å². The van der Waals surface area contributed by atoms with Crippen molar-refractivity contribution in [2.75, 3.05) is 31.1 Å². The molecule has 0 N–H and O–H groups in total. The van der Waals surface area contributed by atoms with E-state index < -0.39 is 4.92 Å². The van der Waals surface area contributed by atoms with E-state index in [1.165, 1.54) is 18.2 Å². The van der Waals surface area contributed by atoms with Gasteiger partial charge < -0.3 is 9.80 Å². The summed E-state index contributed by atoms with van der Waals surface area (Å²) in [5.74, 6) is -0.288. The number of nitrogens with zero attached hydrogens (tertiary/aromatic N) is 5. The molecule has 3 aromatic rings. The fourth-order valence-corrected chi connectivity index (χ4v) is 4.04. The molecule has 2 heterocycles. The van der Waals surface area contributed by atoms with Crippen LogP contribution < -0.4 is 4.90 Å². The number of rotatable bonds is 5. The molecule has 32 heavy (non-hydrogen) atoms. The van der Waals surface area contributed by atoms with Gasteiger partial charge in [0, 0.05) is 55.3 Å². The fourth-order valence-electron chi connectivity index (χ4n) is 4.04. The molecule has 8 nitrogen and oxygen atoms in total. The zero-order valence-electron chi connectivity index (χ0n) is 18.0. The Morgan fingerprint density at radius 2 is 1.75 bits per heavy atom. The lowest BCUT2D eigenvalue weighted by Crippen LogP contribution is -2.49. The second-order valence-electron chi connectivity index (χ2n) is 7.86. The van der Waals surface area contributed by atoms with Crippen LogP contribution in [0.25, 0.3) is 5.69 Å². The van der Waals surface area contributed by atoms with Crippen molar-refractivity contribution in [1.29, 1.82) is 0 Å². The average Bonchev–Trinajstić information content (AvgIpc) is 3.08. The van der Waals surface area contributed by atoms with E-state index in [1.807, 2.05) is 24.8 Å². The van der Waals surface area contributed by atoms with Crippen molar-refractivity contribution in [1.82, 2.24) is 14.7 Å². The number of piperazine rings is 1. The van der Waals surface area contributed by atoms with Crippen molar-refractivity contribution in [3.8, 4) is 5.69 Å². The quantitative estimate of drug-likeness (QED) is 0.451. The Morgan fingerprint density at radius 3 is 2.41 bits per heavy atom. The molecule has 0 saturated carbocycles. The number of hydrogen-bond donors (Lipinski definition) is 0. The van der Waals surface area contributed by atoms with E-state index >= 15 is 0 Å². The number of anilines is 1. The number of aryl methyl sites for hydroxylation is 1. The molecule has 166 valence electrons. The fraction of sp³-hybridized carbons (Fsp3) is 0.304. The van der Waals surface area contributed by atoms with Gasteiger partial charge in [-0.05, 0) is 44.2 Å². The van der Waals surface area contributed by atoms with Gasteiger partial charge in [-0.2, -0.15) is 5.10 Å². The molecule has 1 aliphatic heterocycles. The van der Waals surface area contributed by atoms with E-state index in [9.17, 15) is 19.3 Å². The van der Waals surface area contributed by atoms with E-state index in [1.54, 1.807) is 28.9 Å². The van der Waals surface area contributed by atoms with Gasteiger partial charge in [-0.15, -0.1) is 0 Å². The Hall–Kier alpha value is -3.75. The Kier molecular flexibility index (Phi) is 5.89. The van der Waals surface area contributed by atoms with Crippen molar-refractivity contribution in [3.63, 3.8) is 0 Å². The number of carbonyl (C=O) groups excluding carboxylic acids is 1. The zero-order valence-corrected chi connectivity index (χ0v) is 18.0. The van der Waals surface area contributed by atoms with Gasteiger partial charge in [-0.3, -0.25) is 14.9 Å².